The van der Waals surface area contributed by atoms with Crippen molar-refractivity contribution >= 4 is 58.9 Å². The molecule has 5 aliphatic rings. The quantitative estimate of drug-likeness (QED) is 0.105. The molecule has 6 unspecified atom stereocenters. The largest absolute Gasteiger partial charge is 0.508 e. The zero-order valence-corrected chi connectivity index (χ0v) is 42.7. The first-order valence-electron chi connectivity index (χ1n) is 24.3. The molecule has 26 heteroatoms. The summed E-state index contributed by atoms with van der Waals surface area (Å²) in [6.45, 7) is 3.69. The Bertz CT molecular complexity index is 3300. The van der Waals surface area contributed by atoms with Gasteiger partial charge in [-0.1, -0.05) is 49.7 Å². The molecule has 16 N–H and O–H groups in total. The van der Waals surface area contributed by atoms with Gasteiger partial charge in [-0.05, 0) is 96.2 Å². The van der Waals surface area contributed by atoms with Crippen molar-refractivity contribution in [3.05, 3.63) is 118 Å². The van der Waals surface area contributed by atoms with Crippen LogP contribution in [0.25, 0.3) is 11.1 Å². The first-order valence-corrected chi connectivity index (χ1v) is 24.7. The molecule has 0 fully saturated rings. The van der Waals surface area contributed by atoms with Crippen molar-refractivity contribution in [2.24, 2.45) is 11.7 Å². The first-order chi connectivity index (χ1) is 37.4. The summed E-state index contributed by atoms with van der Waals surface area (Å²) in [5.41, 5.74) is 3.55. The standard InChI is InChI=1S/C53H53ClN8O17/c1-20(2)12-30(56-3)47(70)61-43-45(68)23-7-11-34(29(54)14-23)79-36-16-24-15-35(46(36)69)78-26-8-4-21(5-9-26)44(67)42-52(75)60-41(53(76)77)28-17-25(63)18-33(65)38(28)27-13-22(6-10-32(27)64)39(49(72)62-42)59-50(73)40(24)58-48(71)31(19-37(55)66)57-51(43)74/h4-11,13-18,20,30-31,39-45,56,63-65,67-69H,12,19H2,1-3H3,(H2,55,66)(H,57,74)(H,58,71)(H,59,73)(H,60,75)(H,61,70)(H,62,72)(H,76,77)/t30-,31-,39?,40?,41+,42?,43?,44?,45?/m0/s1. The molecule has 25 nitrogen and oxygen atoms in total. The van der Waals surface area contributed by atoms with Gasteiger partial charge in [0.2, 0.25) is 47.1 Å². The number of carboxylic acid groups (broad SMARTS) is 1. The number of halogens is 1. The summed E-state index contributed by atoms with van der Waals surface area (Å²) < 4.78 is 12.2. The van der Waals surface area contributed by atoms with Gasteiger partial charge in [0.25, 0.3) is 0 Å². The second-order valence-electron chi connectivity index (χ2n) is 19.3. The van der Waals surface area contributed by atoms with Crippen molar-refractivity contribution in [3.63, 3.8) is 0 Å². The molecule has 0 spiro atoms. The number of nitrogens with two attached hydrogens (primary N) is 1. The van der Waals surface area contributed by atoms with E-state index in [9.17, 15) is 69.3 Å². The highest BCUT2D eigenvalue weighted by molar-refractivity contribution is 6.32. The number of fused-ring (bicyclic) bond motifs is 15. The Balaban J connectivity index is 1.35. The van der Waals surface area contributed by atoms with Crippen LogP contribution in [0.15, 0.2) is 84.9 Å². The average Bonchev–Trinajstić information content (AvgIpc) is 3.53. The van der Waals surface area contributed by atoms with Gasteiger partial charge in [-0.3, -0.25) is 33.6 Å². The smallest absolute Gasteiger partial charge is 0.330 e. The fourth-order valence-corrected chi connectivity index (χ4v) is 9.53. The van der Waals surface area contributed by atoms with Gasteiger partial charge in [0.1, 0.15) is 71.2 Å². The van der Waals surface area contributed by atoms with Crippen LogP contribution in [0.4, 0.5) is 0 Å². The van der Waals surface area contributed by atoms with Crippen LogP contribution in [0.3, 0.4) is 0 Å². The van der Waals surface area contributed by atoms with Gasteiger partial charge in [-0.25, -0.2) is 4.79 Å². The van der Waals surface area contributed by atoms with Crippen LogP contribution in [0, 0.1) is 5.92 Å². The van der Waals surface area contributed by atoms with Gasteiger partial charge < -0.3 is 88.2 Å². The SMILES string of the molecule is CN[C@@H](CC(C)C)C(=O)NC1C(=O)N[C@@H](CC(N)=O)C(=O)NC2C(=O)NC3C(=O)NC(C(=O)N[C@@H](C(=O)O)c4cc(O)cc(O)c4-c4cc3ccc4O)C(O)c3ccc(cc3)Oc3cc2cc(c3O)Oc2ccc(cc2Cl)C1O. The monoisotopic (exact) mass is 1110 g/mol. The summed E-state index contributed by atoms with van der Waals surface area (Å²) in [7, 11) is 1.50. The Morgan fingerprint density at radius 1 is 0.671 bits per heavy atom. The number of carbonyl (C=O) groups excluding carboxylic acids is 7. The molecule has 0 saturated heterocycles. The van der Waals surface area contributed by atoms with Crippen molar-refractivity contribution in [1.82, 2.24) is 37.2 Å². The number of likely N-dealkylation sites (N-methyl/N-ethyl adjacent to an activating group) is 1. The molecule has 11 bridgehead atoms. The summed E-state index contributed by atoms with van der Waals surface area (Å²) in [5, 5.41) is 96.4. The molecule has 5 aliphatic heterocycles. The van der Waals surface area contributed by atoms with Crippen LogP contribution in [0.5, 0.6) is 46.0 Å². The highest BCUT2D eigenvalue weighted by Gasteiger charge is 2.41. The van der Waals surface area contributed by atoms with E-state index in [1.54, 1.807) is 0 Å². The van der Waals surface area contributed by atoms with E-state index in [-0.39, 0.29) is 51.1 Å². The van der Waals surface area contributed by atoms with Crippen LogP contribution in [-0.4, -0.2) is 114 Å². The van der Waals surface area contributed by atoms with Gasteiger partial charge in [0.15, 0.2) is 17.5 Å². The number of benzene rings is 5. The molecule has 5 aromatic rings. The molecule has 7 amide bonds. The van der Waals surface area contributed by atoms with E-state index >= 15 is 4.79 Å². The average molecular weight is 1110 g/mol. The number of phenolic OH excluding ortho intramolecular Hbond substituents is 4. The number of aliphatic carboxylic acids is 1. The molecule has 414 valence electrons. The lowest BCUT2D eigenvalue weighted by Crippen LogP contribution is -2.59. The maximum Gasteiger partial charge on any atom is 0.330 e. The van der Waals surface area contributed by atoms with Crippen LogP contribution < -0.4 is 52.4 Å². The minimum Gasteiger partial charge on any atom is -0.508 e. The Kier molecular flexibility index (Phi) is 16.2. The van der Waals surface area contributed by atoms with Gasteiger partial charge in [-0.2, -0.15) is 0 Å². The van der Waals surface area contributed by atoms with Gasteiger partial charge in [0.05, 0.1) is 17.5 Å². The van der Waals surface area contributed by atoms with E-state index in [2.05, 4.69) is 37.2 Å². The molecule has 9 atom stereocenters. The van der Waals surface area contributed by atoms with Gasteiger partial charge >= 0.3 is 5.97 Å². The number of amides is 7. The van der Waals surface area contributed by atoms with Crippen LogP contribution in [-0.2, 0) is 38.4 Å². The van der Waals surface area contributed by atoms with Crippen molar-refractivity contribution in [2.75, 3.05) is 7.05 Å². The molecule has 0 saturated carbocycles. The molecule has 0 aliphatic carbocycles. The van der Waals surface area contributed by atoms with Crippen molar-refractivity contribution in [1.29, 1.82) is 0 Å². The minimum atomic E-state index is -2.14. The summed E-state index contributed by atoms with van der Waals surface area (Å²) in [6.07, 6.45) is -4.64. The Morgan fingerprint density at radius 2 is 1.30 bits per heavy atom. The lowest BCUT2D eigenvalue weighted by Gasteiger charge is -2.31. The fraction of sp³-hybridized carbons (Fsp3) is 0.283. The minimum absolute atomic E-state index is 0.0283. The van der Waals surface area contributed by atoms with Crippen LogP contribution in [0.1, 0.15) is 84.8 Å². The molecular weight excluding hydrogens is 1060 g/mol. The van der Waals surface area contributed by atoms with E-state index in [1.165, 1.54) is 49.5 Å². The van der Waals surface area contributed by atoms with Crippen LogP contribution >= 0.6 is 11.6 Å². The predicted molar refractivity (Wildman–Crippen MR) is 275 cm³/mol. The lowest BCUT2D eigenvalue weighted by atomic mass is 9.89. The number of rotatable bonds is 8. The molecular formula is C53H53ClN8O17. The fourth-order valence-electron chi connectivity index (χ4n) is 9.30. The Morgan fingerprint density at radius 3 is 1.95 bits per heavy atom. The summed E-state index contributed by atoms with van der Waals surface area (Å²) in [5.74, 6) is -14.3. The molecule has 79 heavy (non-hydrogen) atoms. The highest BCUT2D eigenvalue weighted by Crippen LogP contribution is 2.47. The van der Waals surface area contributed by atoms with Crippen molar-refractivity contribution in [2.45, 2.75) is 81.2 Å². The van der Waals surface area contributed by atoms with Crippen molar-refractivity contribution < 1.29 is 83.6 Å². The van der Waals surface area contributed by atoms with E-state index in [4.69, 9.17) is 26.8 Å². The number of carbonyl (C=O) groups is 8. The summed E-state index contributed by atoms with van der Waals surface area (Å²) in [6, 6.07) is 2.53. The number of nitrogens with one attached hydrogen (secondary N) is 7. The Labute approximate surface area is 453 Å². The normalized spacial score (nSPS) is 22.5. The lowest BCUT2D eigenvalue weighted by molar-refractivity contribution is -0.143. The number of aliphatic hydroxyl groups excluding tert-OH is 2. The van der Waals surface area contributed by atoms with E-state index < -0.39 is 159 Å². The first kappa shape index (κ1) is 56.0. The number of primary amides is 1. The number of carboxylic acids is 1. The number of aliphatic hydroxyl groups is 2. The maximum atomic E-state index is 15.3. The molecule has 5 heterocycles. The number of phenols is 4. The summed E-state index contributed by atoms with van der Waals surface area (Å²) in [4.78, 5) is 113. The molecule has 0 radical (unpaired) electrons. The molecule has 5 aromatic carbocycles. The van der Waals surface area contributed by atoms with E-state index in [0.717, 1.165) is 42.5 Å². The third-order valence-electron chi connectivity index (χ3n) is 13.3. The van der Waals surface area contributed by atoms with Crippen LogP contribution in [0.2, 0.25) is 5.02 Å². The zero-order valence-electron chi connectivity index (χ0n) is 41.9. The zero-order chi connectivity index (χ0) is 57.3. The third kappa shape index (κ3) is 11.9. The van der Waals surface area contributed by atoms with E-state index in [1.807, 2.05) is 13.8 Å². The second-order valence-corrected chi connectivity index (χ2v) is 19.7. The molecule has 0 aromatic heterocycles. The molecule has 10 rings (SSSR count). The highest BCUT2D eigenvalue weighted by atomic mass is 35.5. The predicted octanol–water partition coefficient (Wildman–Crippen LogP) is 1.74. The number of ether oxygens (including phenoxy) is 2. The van der Waals surface area contributed by atoms with Gasteiger partial charge in [-0.15, -0.1) is 0 Å². The second kappa shape index (κ2) is 22.8. The maximum absolute atomic E-state index is 15.3. The number of aromatic hydroxyl groups is 4. The van der Waals surface area contributed by atoms with Gasteiger partial charge in [0, 0.05) is 22.8 Å². The van der Waals surface area contributed by atoms with Crippen molar-refractivity contribution in [3.8, 4) is 57.1 Å². The number of hydrogen-bond donors (Lipinski definition) is 15. The summed E-state index contributed by atoms with van der Waals surface area (Å²) >= 11 is 6.75. The topological polar surface area (TPSA) is 407 Å². The number of hydrogen-bond acceptors (Lipinski definition) is 17. The Hall–Kier alpha value is -9.17. The third-order valence-corrected chi connectivity index (χ3v) is 13.6. The van der Waals surface area contributed by atoms with E-state index in [0.29, 0.717) is 0 Å².